The first-order valence-electron chi connectivity index (χ1n) is 10.7. The Hall–Kier alpha value is -1.42. The van der Waals surface area contributed by atoms with Gasteiger partial charge in [0.15, 0.2) is 5.96 Å². The van der Waals surface area contributed by atoms with Crippen LogP contribution < -0.4 is 10.6 Å². The maximum atomic E-state index is 9.64. The number of aliphatic imine (C=N–C) groups is 1. The van der Waals surface area contributed by atoms with E-state index in [2.05, 4.69) is 51.7 Å². The van der Waals surface area contributed by atoms with Crippen LogP contribution in [-0.4, -0.2) is 53.2 Å². The van der Waals surface area contributed by atoms with E-state index in [1.54, 1.807) is 0 Å². The minimum atomic E-state index is -0.121. The number of hydrogen-bond acceptors (Lipinski definition) is 4. The van der Waals surface area contributed by atoms with Gasteiger partial charge in [0.1, 0.15) is 5.15 Å². The molecule has 1 aromatic carbocycles. The number of benzene rings is 1. The van der Waals surface area contributed by atoms with Crippen LogP contribution in [0, 0.1) is 0 Å². The molecule has 1 aliphatic rings. The number of aliphatic hydroxyl groups is 1. The zero-order valence-electron chi connectivity index (χ0n) is 18.1. The normalized spacial score (nSPS) is 15.4. The number of nitrogens with zero attached hydrogens (tertiary/aromatic N) is 3. The number of halogens is 2. The summed E-state index contributed by atoms with van der Waals surface area (Å²) in [4.78, 5) is 11.2. The highest BCUT2D eigenvalue weighted by atomic mass is 127. The first kappa shape index (κ1) is 25.8. The molecule has 1 aromatic heterocycles. The molecule has 6 nitrogen and oxygen atoms in total. The van der Waals surface area contributed by atoms with Crippen molar-refractivity contribution in [2.24, 2.45) is 4.99 Å². The fraction of sp³-hybridized carbons (Fsp3) is 0.478. The lowest BCUT2D eigenvalue weighted by Gasteiger charge is -2.29. The Kier molecular flexibility index (Phi) is 11.6. The van der Waals surface area contributed by atoms with E-state index in [0.717, 1.165) is 63.5 Å². The molecule has 3 N–H and O–H groups in total. The zero-order chi connectivity index (χ0) is 21.2. The summed E-state index contributed by atoms with van der Waals surface area (Å²) in [6.45, 7) is 7.17. The van der Waals surface area contributed by atoms with Gasteiger partial charge < -0.3 is 15.7 Å². The lowest BCUT2D eigenvalue weighted by atomic mass is 10.1. The standard InChI is InChI=1S/C23H32ClN5O.HI/c1-2-25-23(26-12-9-19-7-8-22(24)27-15-19)28-16-18-3-5-20(6-4-18)17-29-13-10-21(30)11-14-29;/h3-8,15,21,30H,2,9-14,16-17H2,1H3,(H2,25,26,28);1H. The molecule has 31 heavy (non-hydrogen) atoms. The molecule has 1 fully saturated rings. The smallest absolute Gasteiger partial charge is 0.191 e. The van der Waals surface area contributed by atoms with Crippen LogP contribution in [0.25, 0.3) is 0 Å². The Labute approximate surface area is 207 Å². The molecule has 1 saturated heterocycles. The van der Waals surface area contributed by atoms with Crippen molar-refractivity contribution in [3.63, 3.8) is 0 Å². The second kappa shape index (κ2) is 13.9. The summed E-state index contributed by atoms with van der Waals surface area (Å²) in [6, 6.07) is 12.5. The minimum absolute atomic E-state index is 0. The zero-order valence-corrected chi connectivity index (χ0v) is 21.1. The fourth-order valence-electron chi connectivity index (χ4n) is 3.48. The number of aliphatic hydroxyl groups excluding tert-OH is 1. The van der Waals surface area contributed by atoms with Gasteiger partial charge in [-0.15, -0.1) is 24.0 Å². The van der Waals surface area contributed by atoms with Crippen molar-refractivity contribution in [1.82, 2.24) is 20.5 Å². The number of hydrogen-bond donors (Lipinski definition) is 3. The van der Waals surface area contributed by atoms with Crippen molar-refractivity contribution in [2.75, 3.05) is 26.2 Å². The summed E-state index contributed by atoms with van der Waals surface area (Å²) >= 11 is 5.83. The fourth-order valence-corrected chi connectivity index (χ4v) is 3.59. The third-order valence-corrected chi connectivity index (χ3v) is 5.47. The van der Waals surface area contributed by atoms with E-state index in [-0.39, 0.29) is 30.1 Å². The van der Waals surface area contributed by atoms with E-state index in [4.69, 9.17) is 16.6 Å². The first-order valence-corrected chi connectivity index (χ1v) is 11.1. The van der Waals surface area contributed by atoms with E-state index in [9.17, 15) is 5.11 Å². The summed E-state index contributed by atoms with van der Waals surface area (Å²) in [5.74, 6) is 0.815. The van der Waals surface area contributed by atoms with Gasteiger partial charge in [-0.3, -0.25) is 4.90 Å². The van der Waals surface area contributed by atoms with Crippen LogP contribution in [0.1, 0.15) is 36.5 Å². The van der Waals surface area contributed by atoms with Gasteiger partial charge in [0.2, 0.25) is 0 Å². The molecule has 2 aromatic rings. The number of guanidine groups is 1. The monoisotopic (exact) mass is 557 g/mol. The summed E-state index contributed by atoms with van der Waals surface area (Å²) in [6.07, 6.45) is 4.30. The number of rotatable bonds is 8. The molecule has 8 heteroatoms. The largest absolute Gasteiger partial charge is 0.393 e. The third-order valence-electron chi connectivity index (χ3n) is 5.24. The van der Waals surface area contributed by atoms with Gasteiger partial charge in [0.05, 0.1) is 12.6 Å². The third kappa shape index (κ3) is 9.31. The van der Waals surface area contributed by atoms with Gasteiger partial charge in [-0.25, -0.2) is 9.98 Å². The van der Waals surface area contributed by atoms with Crippen LogP contribution in [0.15, 0.2) is 47.6 Å². The molecule has 0 amide bonds. The molecule has 1 aliphatic heterocycles. The van der Waals surface area contributed by atoms with E-state index in [0.29, 0.717) is 11.7 Å². The average molecular weight is 558 g/mol. The molecule has 0 radical (unpaired) electrons. The second-order valence-corrected chi connectivity index (χ2v) is 8.07. The molecule has 3 rings (SSSR count). The molecule has 0 aliphatic carbocycles. The van der Waals surface area contributed by atoms with Gasteiger partial charge in [-0.1, -0.05) is 41.9 Å². The van der Waals surface area contributed by atoms with Gasteiger partial charge >= 0.3 is 0 Å². The summed E-state index contributed by atoms with van der Waals surface area (Å²) < 4.78 is 0. The van der Waals surface area contributed by atoms with Gasteiger partial charge in [0.25, 0.3) is 0 Å². The van der Waals surface area contributed by atoms with E-state index in [1.807, 2.05) is 18.3 Å². The van der Waals surface area contributed by atoms with E-state index < -0.39 is 0 Å². The molecule has 2 heterocycles. The van der Waals surface area contributed by atoms with Crippen LogP contribution in [0.2, 0.25) is 5.15 Å². The van der Waals surface area contributed by atoms with E-state index in [1.165, 1.54) is 11.1 Å². The predicted octanol–water partition coefficient (Wildman–Crippen LogP) is 3.61. The molecular weight excluding hydrogens is 525 g/mol. The van der Waals surface area contributed by atoms with Crippen molar-refractivity contribution >= 4 is 41.5 Å². The Morgan fingerprint density at radius 2 is 1.77 bits per heavy atom. The lowest BCUT2D eigenvalue weighted by molar-refractivity contribution is 0.0792. The predicted molar refractivity (Wildman–Crippen MR) is 138 cm³/mol. The Morgan fingerprint density at radius 3 is 2.42 bits per heavy atom. The molecule has 170 valence electrons. The number of piperidine rings is 1. The second-order valence-electron chi connectivity index (χ2n) is 7.68. The molecule has 0 saturated carbocycles. The van der Waals surface area contributed by atoms with Gasteiger partial charge in [-0.2, -0.15) is 0 Å². The maximum absolute atomic E-state index is 9.64. The van der Waals surface area contributed by atoms with Crippen LogP contribution in [0.3, 0.4) is 0 Å². The van der Waals surface area contributed by atoms with Gasteiger partial charge in [-0.05, 0) is 48.9 Å². The lowest BCUT2D eigenvalue weighted by Crippen LogP contribution is -2.38. The highest BCUT2D eigenvalue weighted by molar-refractivity contribution is 14.0. The molecule has 0 bridgehead atoms. The Morgan fingerprint density at radius 1 is 1.10 bits per heavy atom. The van der Waals surface area contributed by atoms with Gasteiger partial charge in [0, 0.05) is 38.9 Å². The Balaban J connectivity index is 0.00000341. The molecular formula is C23H33ClIN5O. The minimum Gasteiger partial charge on any atom is -0.393 e. The van der Waals surface area contributed by atoms with Crippen LogP contribution >= 0.6 is 35.6 Å². The van der Waals surface area contributed by atoms with Crippen molar-refractivity contribution in [2.45, 2.75) is 45.4 Å². The summed E-state index contributed by atoms with van der Waals surface area (Å²) in [7, 11) is 0. The van der Waals surface area contributed by atoms with Crippen molar-refractivity contribution in [3.05, 3.63) is 64.4 Å². The van der Waals surface area contributed by atoms with E-state index >= 15 is 0 Å². The Bertz CT molecular complexity index is 793. The van der Waals surface area contributed by atoms with Crippen LogP contribution in [0.4, 0.5) is 0 Å². The highest BCUT2D eigenvalue weighted by Gasteiger charge is 2.16. The topological polar surface area (TPSA) is 72.8 Å². The maximum Gasteiger partial charge on any atom is 0.191 e. The average Bonchev–Trinajstić information content (AvgIpc) is 2.76. The molecule has 0 spiro atoms. The van der Waals surface area contributed by atoms with Crippen molar-refractivity contribution in [1.29, 1.82) is 0 Å². The number of aromatic nitrogens is 1. The summed E-state index contributed by atoms with van der Waals surface area (Å²) in [5.41, 5.74) is 3.63. The number of likely N-dealkylation sites (tertiary alicyclic amines) is 1. The first-order chi connectivity index (χ1) is 14.6. The SMILES string of the molecule is CCNC(=NCc1ccc(CN2CCC(O)CC2)cc1)NCCc1ccc(Cl)nc1.I. The van der Waals surface area contributed by atoms with Crippen LogP contribution in [0.5, 0.6) is 0 Å². The quantitative estimate of drug-likeness (QED) is 0.200. The molecule has 0 atom stereocenters. The number of pyridine rings is 1. The van der Waals surface area contributed by atoms with Crippen molar-refractivity contribution < 1.29 is 5.11 Å². The summed E-state index contributed by atoms with van der Waals surface area (Å²) in [5, 5.41) is 16.8. The van der Waals surface area contributed by atoms with Crippen LogP contribution in [-0.2, 0) is 19.5 Å². The highest BCUT2D eigenvalue weighted by Crippen LogP contribution is 2.14. The molecule has 0 unspecified atom stereocenters. The van der Waals surface area contributed by atoms with Crippen molar-refractivity contribution in [3.8, 4) is 0 Å². The number of nitrogens with one attached hydrogen (secondary N) is 2.